The van der Waals surface area contributed by atoms with Gasteiger partial charge < -0.3 is 0 Å². The molecule has 0 nitrogen and oxygen atoms in total. The molecule has 0 aromatic heterocycles. The molecule has 2 atom stereocenters. The van der Waals surface area contributed by atoms with Gasteiger partial charge in [-0.1, -0.05) is 0 Å². The van der Waals surface area contributed by atoms with Gasteiger partial charge in [0.1, 0.15) is 0 Å². The summed E-state index contributed by atoms with van der Waals surface area (Å²) in [5, 5.41) is 2.91. The van der Waals surface area contributed by atoms with Gasteiger partial charge >= 0.3 is 393 Å². The molecule has 0 fully saturated rings. The van der Waals surface area contributed by atoms with E-state index in [0.717, 1.165) is 0 Å². The Morgan fingerprint density at radius 1 is 0.406 bits per heavy atom. The van der Waals surface area contributed by atoms with Crippen LogP contribution in [-0.2, 0) is 16.4 Å². The van der Waals surface area contributed by atoms with E-state index in [2.05, 4.69) is 217 Å². The van der Waals surface area contributed by atoms with Crippen molar-refractivity contribution in [2.45, 2.75) is 48.8 Å². The van der Waals surface area contributed by atoms with Gasteiger partial charge in [0.05, 0.1) is 0 Å². The molecule has 313 valence electrons. The molecular weight excluding hydrogens is 911 g/mol. The van der Waals surface area contributed by atoms with Crippen LogP contribution < -0.4 is 13.6 Å². The first kappa shape index (κ1) is 41.6. The fourth-order valence-electron chi connectivity index (χ4n) is 12.3. The quantitative estimate of drug-likeness (QED) is 0.140. The maximum atomic E-state index is 9.33. The third-order valence-electron chi connectivity index (χ3n) is 14.4. The van der Waals surface area contributed by atoms with Crippen LogP contribution in [-0.4, -0.2) is 9.52 Å². The topological polar surface area (TPSA) is 0 Å². The molecule has 0 spiro atoms. The predicted octanol–water partition coefficient (Wildman–Crippen LogP) is 14.6. The second-order valence-electron chi connectivity index (χ2n) is 18.9. The summed E-state index contributed by atoms with van der Waals surface area (Å²) in [6.07, 6.45) is 4.92. The monoisotopic (exact) mass is 959 g/mol. The second-order valence-corrected chi connectivity index (χ2v) is 41.4. The Bertz CT molecular complexity index is 3090. The van der Waals surface area contributed by atoms with E-state index in [4.69, 9.17) is 0 Å². The maximum absolute atomic E-state index is 9.33. The van der Waals surface area contributed by atoms with Crippen LogP contribution in [0.4, 0.5) is 0 Å². The molecule has 0 N–H and O–H groups in total. The average molecular weight is 962 g/mol. The van der Waals surface area contributed by atoms with Crippen LogP contribution in [0, 0.1) is 27.7 Å². The fourth-order valence-corrected chi connectivity index (χ4v) is 41.1. The number of halogens is 2. The molecule has 64 heavy (non-hydrogen) atoms. The van der Waals surface area contributed by atoms with Gasteiger partial charge in [-0.05, 0) is 0 Å². The molecule has 0 radical (unpaired) electrons. The van der Waals surface area contributed by atoms with Crippen LogP contribution in [0.25, 0.3) is 67.8 Å². The summed E-state index contributed by atoms with van der Waals surface area (Å²) < 4.78 is 0.911. The zero-order chi connectivity index (χ0) is 44.1. The van der Waals surface area contributed by atoms with Crippen molar-refractivity contribution in [1.82, 2.24) is 0 Å². The molecule has 0 saturated carbocycles. The number of rotatable bonds is 7. The Morgan fingerprint density at radius 3 is 1.33 bits per heavy atom. The Labute approximate surface area is 389 Å². The summed E-state index contributed by atoms with van der Waals surface area (Å²) >= 11 is -5.70. The van der Waals surface area contributed by atoms with E-state index < -0.39 is 25.9 Å². The van der Waals surface area contributed by atoms with Crippen molar-refractivity contribution in [1.29, 1.82) is 0 Å². The molecule has 11 rings (SSSR count). The Balaban J connectivity index is 1.22. The van der Waals surface area contributed by atoms with E-state index in [0.29, 0.717) is 0 Å². The molecule has 4 heteroatoms. The summed E-state index contributed by atoms with van der Waals surface area (Å²) in [7, 11) is 17.8. The van der Waals surface area contributed by atoms with E-state index in [9.17, 15) is 17.0 Å². The molecule has 3 aliphatic rings. The van der Waals surface area contributed by atoms with Gasteiger partial charge in [0.25, 0.3) is 0 Å². The van der Waals surface area contributed by atoms with Crippen LogP contribution in [0.2, 0.25) is 0 Å². The molecular formula is C60H51Cl2SiZr. The van der Waals surface area contributed by atoms with Crippen molar-refractivity contribution in [2.75, 3.05) is 0 Å². The van der Waals surface area contributed by atoms with Crippen LogP contribution in [0.15, 0.2) is 175 Å². The molecule has 1 aliphatic heterocycles. The van der Waals surface area contributed by atoms with Gasteiger partial charge in [-0.15, -0.1) is 0 Å². The second kappa shape index (κ2) is 15.5. The van der Waals surface area contributed by atoms with Crippen molar-refractivity contribution in [3.63, 3.8) is 0 Å². The first-order valence-corrected chi connectivity index (χ1v) is 34.5. The minimum atomic E-state index is -5.70. The Morgan fingerprint density at radius 2 is 0.844 bits per heavy atom. The summed E-state index contributed by atoms with van der Waals surface area (Å²) in [6.45, 7) is 13.5. The van der Waals surface area contributed by atoms with Crippen molar-refractivity contribution in [3.05, 3.63) is 219 Å². The average Bonchev–Trinajstić information content (AvgIpc) is 3.96. The molecule has 0 amide bonds. The molecule has 8 aromatic rings. The van der Waals surface area contributed by atoms with Crippen molar-refractivity contribution >= 4 is 52.3 Å². The minimum absolute atomic E-state index is 0.170. The third-order valence-corrected chi connectivity index (χ3v) is 37.7. The van der Waals surface area contributed by atoms with Crippen LogP contribution in [0.1, 0.15) is 65.6 Å². The number of allylic oxidation sites excluding steroid dienone is 2. The summed E-state index contributed by atoms with van der Waals surface area (Å²) in [5.74, 6) is 0. The third kappa shape index (κ3) is 6.47. The van der Waals surface area contributed by atoms with Crippen molar-refractivity contribution < 1.29 is 16.4 Å². The number of hydrogen-bond donors (Lipinski definition) is 0. The molecule has 8 aromatic carbocycles. The van der Waals surface area contributed by atoms with Gasteiger partial charge in [-0.3, -0.25) is 0 Å². The van der Waals surface area contributed by atoms with E-state index in [-0.39, 0.29) is 7.25 Å². The summed E-state index contributed by atoms with van der Waals surface area (Å²) in [6, 6.07) is 61.2. The van der Waals surface area contributed by atoms with E-state index in [1.165, 1.54) is 125 Å². The molecule has 2 aliphatic carbocycles. The van der Waals surface area contributed by atoms with Gasteiger partial charge in [0.2, 0.25) is 0 Å². The molecule has 2 unspecified atom stereocenters. The predicted molar refractivity (Wildman–Crippen MR) is 277 cm³/mol. The van der Waals surface area contributed by atoms with Gasteiger partial charge in [-0.25, -0.2) is 0 Å². The van der Waals surface area contributed by atoms with Crippen molar-refractivity contribution in [3.8, 4) is 55.6 Å². The van der Waals surface area contributed by atoms with E-state index in [1.54, 1.807) is 0 Å². The first-order valence-electron chi connectivity index (χ1n) is 22.7. The van der Waals surface area contributed by atoms with Gasteiger partial charge in [0, 0.05) is 0 Å². The standard InChI is InChI=1S/2C24H21.C12H9Si.2ClH.Zr/c2*1-16-11-17(2)14-21(13-16)24-22(19-7-5-4-6-8-19)10-9-20-12-18(3)15-23(20)24;1-3-7-11-9(5-1)10-6-2-4-8-12(10)13-11;;;/h2*4-15H,1-3H3;1-7H,13H2;2*1H;/q;;;;;+2/p-2. The fraction of sp³-hybridized carbons (Fsp3) is 0.133. The number of fused-ring (bicyclic) bond motifs is 5. The normalized spacial score (nSPS) is 17.0. The molecule has 0 bridgehead atoms. The first-order chi connectivity index (χ1) is 30.9. The Hall–Kier alpha value is -5.08. The van der Waals surface area contributed by atoms with Crippen molar-refractivity contribution in [2.24, 2.45) is 0 Å². The molecule has 1 heterocycles. The van der Waals surface area contributed by atoms with Crippen LogP contribution >= 0.6 is 17.0 Å². The van der Waals surface area contributed by atoms with E-state index in [1.807, 2.05) is 0 Å². The summed E-state index contributed by atoms with van der Waals surface area (Å²) in [4.78, 5) is 0. The SMILES string of the molecule is CC1=Cc2c(ccc(-c3ccccc3)c2-c2cc(C)cc(C)c2)[CH]1[Zr]([Cl])([Cl])([c]1cccc2c1[SiH2]c1ccccc1-2)[CH]1C(C)=Cc2c1ccc(-c1ccccc1)c2-c1cc(C)cc(C)c1. The van der Waals surface area contributed by atoms with Gasteiger partial charge in [0.15, 0.2) is 0 Å². The number of benzene rings is 8. The summed E-state index contributed by atoms with van der Waals surface area (Å²) in [5.41, 5.74) is 25.1. The van der Waals surface area contributed by atoms with Gasteiger partial charge in [-0.2, -0.15) is 0 Å². The van der Waals surface area contributed by atoms with E-state index >= 15 is 0 Å². The number of aryl methyl sites for hydroxylation is 4. The number of hydrogen-bond acceptors (Lipinski definition) is 0. The molecule has 0 saturated heterocycles. The van der Waals surface area contributed by atoms with Crippen LogP contribution in [0.5, 0.6) is 0 Å². The zero-order valence-electron chi connectivity index (χ0n) is 37.4. The Kier molecular flexibility index (Phi) is 10.1. The zero-order valence-corrected chi connectivity index (χ0v) is 42.7. The van der Waals surface area contributed by atoms with Crippen LogP contribution in [0.3, 0.4) is 0 Å².